The van der Waals surface area contributed by atoms with Gasteiger partial charge in [0.2, 0.25) is 0 Å². The minimum absolute atomic E-state index is 0.0895. The lowest BCUT2D eigenvalue weighted by Gasteiger charge is -2.01. The summed E-state index contributed by atoms with van der Waals surface area (Å²) in [5.41, 5.74) is 0.383. The molecule has 84 valence electrons. The summed E-state index contributed by atoms with van der Waals surface area (Å²) in [6.07, 6.45) is 0. The summed E-state index contributed by atoms with van der Waals surface area (Å²) in [4.78, 5) is 30.4. The number of esters is 1. The van der Waals surface area contributed by atoms with E-state index in [-0.39, 0.29) is 12.3 Å². The van der Waals surface area contributed by atoms with Gasteiger partial charge in [0, 0.05) is 12.1 Å². The highest BCUT2D eigenvalue weighted by Crippen LogP contribution is 2.12. The SMILES string of the molecule is O=C(O)C(=O)OCc1ccc([N+](=O)[O-])cc1. The van der Waals surface area contributed by atoms with Crippen molar-refractivity contribution in [3.05, 3.63) is 39.9 Å². The van der Waals surface area contributed by atoms with Gasteiger partial charge >= 0.3 is 11.9 Å². The highest BCUT2D eigenvalue weighted by atomic mass is 16.6. The summed E-state index contributed by atoms with van der Waals surface area (Å²) in [6, 6.07) is 5.24. The molecule has 0 saturated heterocycles. The molecule has 0 unspecified atom stereocenters. The van der Waals surface area contributed by atoms with Crippen molar-refractivity contribution in [3.63, 3.8) is 0 Å². The maximum Gasteiger partial charge on any atom is 0.417 e. The molecule has 0 fully saturated rings. The van der Waals surface area contributed by atoms with Crippen LogP contribution in [0.25, 0.3) is 0 Å². The average molecular weight is 225 g/mol. The van der Waals surface area contributed by atoms with Crippen molar-refractivity contribution >= 4 is 17.6 Å². The number of carboxylic acid groups (broad SMARTS) is 1. The first-order valence-corrected chi connectivity index (χ1v) is 4.14. The van der Waals surface area contributed by atoms with Gasteiger partial charge in [-0.1, -0.05) is 0 Å². The molecule has 1 aromatic rings. The predicted molar refractivity (Wildman–Crippen MR) is 50.5 cm³/mol. The summed E-state index contributed by atoms with van der Waals surface area (Å²) >= 11 is 0. The number of carboxylic acids is 1. The number of hydrogen-bond acceptors (Lipinski definition) is 5. The van der Waals surface area contributed by atoms with E-state index in [0.717, 1.165) is 0 Å². The van der Waals surface area contributed by atoms with E-state index in [1.54, 1.807) is 0 Å². The van der Waals surface area contributed by atoms with E-state index < -0.39 is 16.9 Å². The Morgan fingerprint density at radius 2 is 1.88 bits per heavy atom. The van der Waals surface area contributed by atoms with Gasteiger partial charge in [0.15, 0.2) is 0 Å². The molecule has 0 aliphatic rings. The molecule has 0 radical (unpaired) electrons. The van der Waals surface area contributed by atoms with Crippen molar-refractivity contribution in [2.24, 2.45) is 0 Å². The fourth-order valence-electron chi connectivity index (χ4n) is 0.925. The normalized spacial score (nSPS) is 9.50. The van der Waals surface area contributed by atoms with Gasteiger partial charge in [0.25, 0.3) is 5.69 Å². The number of rotatable bonds is 3. The number of benzene rings is 1. The number of nitro benzene ring substituents is 1. The minimum atomic E-state index is -1.68. The smallest absolute Gasteiger partial charge is 0.417 e. The number of carbonyl (C=O) groups is 2. The summed E-state index contributed by atoms with van der Waals surface area (Å²) in [5, 5.41) is 18.5. The summed E-state index contributed by atoms with van der Waals surface area (Å²) in [6.45, 7) is -0.233. The molecule has 0 bridgehead atoms. The Morgan fingerprint density at radius 3 is 2.31 bits per heavy atom. The number of carbonyl (C=O) groups excluding carboxylic acids is 1. The molecule has 1 rings (SSSR count). The van der Waals surface area contributed by atoms with Gasteiger partial charge < -0.3 is 9.84 Å². The molecule has 0 amide bonds. The third-order valence-corrected chi connectivity index (χ3v) is 1.69. The second-order valence-corrected chi connectivity index (χ2v) is 2.80. The molecule has 0 saturated carbocycles. The van der Waals surface area contributed by atoms with Crippen molar-refractivity contribution in [1.29, 1.82) is 0 Å². The average Bonchev–Trinajstić information content (AvgIpc) is 2.26. The van der Waals surface area contributed by atoms with Gasteiger partial charge in [-0.3, -0.25) is 10.1 Å². The maximum atomic E-state index is 10.6. The molecule has 0 aliphatic carbocycles. The lowest BCUT2D eigenvalue weighted by Crippen LogP contribution is -2.15. The lowest BCUT2D eigenvalue weighted by molar-refractivity contribution is -0.384. The largest absolute Gasteiger partial charge is 0.473 e. The Labute approximate surface area is 89.4 Å². The van der Waals surface area contributed by atoms with Gasteiger partial charge in [-0.25, -0.2) is 9.59 Å². The zero-order valence-corrected chi connectivity index (χ0v) is 7.95. The Hall–Kier alpha value is -2.44. The zero-order valence-electron chi connectivity index (χ0n) is 7.95. The summed E-state index contributed by atoms with van der Waals surface area (Å²) in [7, 11) is 0. The third kappa shape index (κ3) is 3.05. The first-order chi connectivity index (χ1) is 7.50. The van der Waals surface area contributed by atoms with Crippen LogP contribution in [0.3, 0.4) is 0 Å². The second-order valence-electron chi connectivity index (χ2n) is 2.80. The van der Waals surface area contributed by atoms with Crippen LogP contribution in [0.2, 0.25) is 0 Å². The molecular weight excluding hydrogens is 218 g/mol. The van der Waals surface area contributed by atoms with Gasteiger partial charge in [-0.2, -0.15) is 0 Å². The van der Waals surface area contributed by atoms with Gasteiger partial charge in [0.1, 0.15) is 6.61 Å². The maximum absolute atomic E-state index is 10.6. The molecule has 1 aromatic carbocycles. The Balaban J connectivity index is 2.59. The number of nitrogens with zero attached hydrogens (tertiary/aromatic N) is 1. The van der Waals surface area contributed by atoms with E-state index in [4.69, 9.17) is 5.11 Å². The van der Waals surface area contributed by atoms with Crippen molar-refractivity contribution in [2.45, 2.75) is 6.61 Å². The fourth-order valence-corrected chi connectivity index (χ4v) is 0.925. The van der Waals surface area contributed by atoms with Crippen molar-refractivity contribution < 1.29 is 24.4 Å². The molecular formula is C9H7NO6. The first-order valence-electron chi connectivity index (χ1n) is 4.14. The molecule has 0 aliphatic heterocycles. The van der Waals surface area contributed by atoms with E-state index in [0.29, 0.717) is 5.56 Å². The number of hydrogen-bond donors (Lipinski definition) is 1. The Bertz CT molecular complexity index is 424. The third-order valence-electron chi connectivity index (χ3n) is 1.69. The molecule has 0 spiro atoms. The first kappa shape index (κ1) is 11.6. The van der Waals surface area contributed by atoms with Crippen LogP contribution in [0.15, 0.2) is 24.3 Å². The van der Waals surface area contributed by atoms with Crippen LogP contribution in [-0.4, -0.2) is 22.0 Å². The standard InChI is InChI=1S/C9H7NO6/c11-8(12)9(13)16-5-6-1-3-7(4-2-6)10(14)15/h1-4H,5H2,(H,11,12). The van der Waals surface area contributed by atoms with Crippen LogP contribution in [0.4, 0.5) is 5.69 Å². The van der Waals surface area contributed by atoms with E-state index >= 15 is 0 Å². The van der Waals surface area contributed by atoms with E-state index in [9.17, 15) is 19.7 Å². The second kappa shape index (κ2) is 4.87. The van der Waals surface area contributed by atoms with E-state index in [1.807, 2.05) is 0 Å². The van der Waals surface area contributed by atoms with Crippen molar-refractivity contribution in [1.82, 2.24) is 0 Å². The van der Waals surface area contributed by atoms with Crippen molar-refractivity contribution in [2.75, 3.05) is 0 Å². The lowest BCUT2D eigenvalue weighted by atomic mass is 10.2. The topological polar surface area (TPSA) is 107 Å². The fraction of sp³-hybridized carbons (Fsp3) is 0.111. The van der Waals surface area contributed by atoms with Crippen LogP contribution in [-0.2, 0) is 20.9 Å². The number of ether oxygens (including phenoxy) is 1. The van der Waals surface area contributed by atoms with Crippen LogP contribution in [0.1, 0.15) is 5.56 Å². The molecule has 7 nitrogen and oxygen atoms in total. The van der Waals surface area contributed by atoms with Crippen LogP contribution in [0, 0.1) is 10.1 Å². The monoisotopic (exact) mass is 225 g/mol. The molecule has 16 heavy (non-hydrogen) atoms. The van der Waals surface area contributed by atoms with E-state index in [2.05, 4.69) is 4.74 Å². The van der Waals surface area contributed by atoms with Crippen LogP contribution < -0.4 is 0 Å². The Kier molecular flexibility index (Phi) is 3.54. The molecule has 0 aromatic heterocycles. The minimum Gasteiger partial charge on any atom is -0.473 e. The molecule has 7 heteroatoms. The van der Waals surface area contributed by atoms with Gasteiger partial charge in [-0.15, -0.1) is 0 Å². The highest BCUT2D eigenvalue weighted by Gasteiger charge is 2.12. The predicted octanol–water partition coefficient (Wildman–Crippen LogP) is 0.723. The molecule has 0 atom stereocenters. The quantitative estimate of drug-likeness (QED) is 0.351. The van der Waals surface area contributed by atoms with Crippen molar-refractivity contribution in [3.8, 4) is 0 Å². The van der Waals surface area contributed by atoms with Gasteiger partial charge in [0.05, 0.1) is 4.92 Å². The van der Waals surface area contributed by atoms with Gasteiger partial charge in [-0.05, 0) is 17.7 Å². The molecule has 0 heterocycles. The Morgan fingerprint density at radius 1 is 1.31 bits per heavy atom. The van der Waals surface area contributed by atoms with Crippen LogP contribution >= 0.6 is 0 Å². The number of nitro groups is 1. The zero-order chi connectivity index (χ0) is 12.1. The summed E-state index contributed by atoms with van der Waals surface area (Å²) < 4.78 is 4.38. The van der Waals surface area contributed by atoms with Crippen LogP contribution in [0.5, 0.6) is 0 Å². The number of non-ortho nitro benzene ring substituents is 1. The highest BCUT2D eigenvalue weighted by molar-refractivity contribution is 6.28. The molecule has 1 N–H and O–H groups in total. The summed E-state index contributed by atoms with van der Waals surface area (Å²) in [5.74, 6) is -3.04. The number of aliphatic carboxylic acids is 1. The van der Waals surface area contributed by atoms with E-state index in [1.165, 1.54) is 24.3 Å².